The SMILES string of the molecule is c1ccc(-c2ccc(-c3nc(-c4ccccc4)nc(-c4ccc(-c5cccc6c5sc5ccccc56)cc4)n3)c(-n3c4ccccc4c4c(-c5ccccc5)cccc43)c2)cc1. The van der Waals surface area contributed by atoms with Crippen LogP contribution < -0.4 is 0 Å². The summed E-state index contributed by atoms with van der Waals surface area (Å²) < 4.78 is 4.99. The Labute approximate surface area is 362 Å². The van der Waals surface area contributed by atoms with E-state index in [0.717, 1.165) is 50.1 Å². The Morgan fingerprint density at radius 1 is 0.323 bits per heavy atom. The summed E-state index contributed by atoms with van der Waals surface area (Å²) in [6.07, 6.45) is 0. The Kier molecular flexibility index (Phi) is 8.65. The van der Waals surface area contributed by atoms with Crippen molar-refractivity contribution < 1.29 is 0 Å². The Bertz CT molecular complexity index is 3610. The van der Waals surface area contributed by atoms with Gasteiger partial charge < -0.3 is 4.57 Å². The van der Waals surface area contributed by atoms with Crippen LogP contribution in [0.4, 0.5) is 0 Å². The molecular weight excluding hydrogens is 773 g/mol. The van der Waals surface area contributed by atoms with Crippen LogP contribution in [0.2, 0.25) is 0 Å². The van der Waals surface area contributed by atoms with Crippen molar-refractivity contribution in [2.45, 2.75) is 0 Å². The number of para-hydroxylation sites is 1. The van der Waals surface area contributed by atoms with E-state index in [2.05, 4.69) is 205 Å². The molecule has 0 spiro atoms. The first kappa shape index (κ1) is 35.9. The van der Waals surface area contributed by atoms with Gasteiger partial charge in [0.05, 0.1) is 16.7 Å². The number of benzene rings is 9. The second kappa shape index (κ2) is 14.9. The zero-order chi connectivity index (χ0) is 41.0. The second-order valence-electron chi connectivity index (χ2n) is 15.5. The van der Waals surface area contributed by atoms with Gasteiger partial charge in [0.15, 0.2) is 17.5 Å². The van der Waals surface area contributed by atoms with E-state index < -0.39 is 0 Å². The normalized spacial score (nSPS) is 11.5. The second-order valence-corrected chi connectivity index (χ2v) is 16.6. The number of aromatic nitrogens is 4. The van der Waals surface area contributed by atoms with Crippen LogP contribution in [0.25, 0.3) is 115 Å². The summed E-state index contributed by atoms with van der Waals surface area (Å²) in [6.45, 7) is 0. The van der Waals surface area contributed by atoms with Crippen LogP contribution in [-0.2, 0) is 0 Å². The van der Waals surface area contributed by atoms with Crippen molar-refractivity contribution in [1.82, 2.24) is 19.5 Å². The first-order chi connectivity index (χ1) is 30.7. The van der Waals surface area contributed by atoms with Crippen LogP contribution in [0.15, 0.2) is 218 Å². The van der Waals surface area contributed by atoms with E-state index in [-0.39, 0.29) is 0 Å². The maximum atomic E-state index is 5.35. The fourth-order valence-electron chi connectivity index (χ4n) is 8.97. The summed E-state index contributed by atoms with van der Waals surface area (Å²) in [5.74, 6) is 1.84. The van der Waals surface area contributed by atoms with Gasteiger partial charge in [-0.25, -0.2) is 15.0 Å². The molecule has 3 aromatic heterocycles. The quantitative estimate of drug-likeness (QED) is 0.161. The molecule has 0 aliphatic rings. The molecular formula is C57H36N4S. The minimum absolute atomic E-state index is 0.604. The van der Waals surface area contributed by atoms with Crippen LogP contribution in [0.3, 0.4) is 0 Å². The van der Waals surface area contributed by atoms with E-state index in [4.69, 9.17) is 15.0 Å². The van der Waals surface area contributed by atoms with Crippen molar-refractivity contribution in [2.24, 2.45) is 0 Å². The molecule has 0 unspecified atom stereocenters. The molecule has 9 aromatic carbocycles. The number of nitrogens with zero attached hydrogens (tertiary/aromatic N) is 4. The smallest absolute Gasteiger partial charge is 0.166 e. The zero-order valence-electron chi connectivity index (χ0n) is 33.5. The molecule has 0 saturated carbocycles. The molecule has 0 N–H and O–H groups in total. The molecule has 0 fully saturated rings. The van der Waals surface area contributed by atoms with E-state index >= 15 is 0 Å². The monoisotopic (exact) mass is 808 g/mol. The fourth-order valence-corrected chi connectivity index (χ4v) is 10.2. The molecule has 0 bridgehead atoms. The first-order valence-corrected chi connectivity index (χ1v) is 21.7. The molecule has 5 heteroatoms. The summed E-state index contributed by atoms with van der Waals surface area (Å²) in [5, 5.41) is 4.98. The average molecular weight is 809 g/mol. The largest absolute Gasteiger partial charge is 0.308 e. The number of hydrogen-bond donors (Lipinski definition) is 0. The van der Waals surface area contributed by atoms with Gasteiger partial charge in [0, 0.05) is 47.6 Å². The lowest BCUT2D eigenvalue weighted by atomic mass is 9.99. The molecule has 290 valence electrons. The van der Waals surface area contributed by atoms with Crippen LogP contribution in [-0.4, -0.2) is 19.5 Å². The Hall–Kier alpha value is -7.99. The third-order valence-corrected chi connectivity index (χ3v) is 13.1. The highest BCUT2D eigenvalue weighted by atomic mass is 32.1. The van der Waals surface area contributed by atoms with Crippen LogP contribution >= 0.6 is 11.3 Å². The summed E-state index contributed by atoms with van der Waals surface area (Å²) in [5.41, 5.74) is 13.0. The van der Waals surface area contributed by atoms with Crippen LogP contribution in [0.1, 0.15) is 0 Å². The van der Waals surface area contributed by atoms with Crippen molar-refractivity contribution in [2.75, 3.05) is 0 Å². The molecule has 0 amide bonds. The lowest BCUT2D eigenvalue weighted by Crippen LogP contribution is -2.04. The zero-order valence-corrected chi connectivity index (χ0v) is 34.3. The van der Waals surface area contributed by atoms with Gasteiger partial charge in [-0.3, -0.25) is 0 Å². The minimum atomic E-state index is 0.604. The van der Waals surface area contributed by atoms with E-state index in [1.165, 1.54) is 47.6 Å². The van der Waals surface area contributed by atoms with Gasteiger partial charge in [0.2, 0.25) is 0 Å². The molecule has 0 radical (unpaired) electrons. The first-order valence-electron chi connectivity index (χ1n) is 20.9. The minimum Gasteiger partial charge on any atom is -0.308 e. The molecule has 4 nitrogen and oxygen atoms in total. The predicted octanol–water partition coefficient (Wildman–Crippen LogP) is 15.3. The standard InChI is InChI=1S/C57H36N4S/c1-4-16-37(17-5-1)42-34-35-48(51(36-42)61-49-27-12-10-23-47(49)53-43(24-15-28-50(53)61)38-18-6-2-7-19-38)57-59-55(40-20-8-3-9-21-40)58-56(60-57)41-32-30-39(31-33-41)44-25-14-26-46-45-22-11-13-29-52(45)62-54(44)46/h1-36H. The predicted molar refractivity (Wildman–Crippen MR) is 260 cm³/mol. The van der Waals surface area contributed by atoms with Gasteiger partial charge in [0.1, 0.15) is 0 Å². The van der Waals surface area contributed by atoms with E-state index in [1.54, 1.807) is 0 Å². The van der Waals surface area contributed by atoms with Gasteiger partial charge in [-0.05, 0) is 63.7 Å². The van der Waals surface area contributed by atoms with Crippen molar-refractivity contribution in [3.05, 3.63) is 218 Å². The maximum absolute atomic E-state index is 5.35. The number of rotatable bonds is 7. The fraction of sp³-hybridized carbons (Fsp3) is 0. The van der Waals surface area contributed by atoms with Gasteiger partial charge in [-0.15, -0.1) is 11.3 Å². The van der Waals surface area contributed by atoms with Crippen molar-refractivity contribution in [3.63, 3.8) is 0 Å². The molecule has 0 aliphatic heterocycles. The summed E-state index contributed by atoms with van der Waals surface area (Å²) in [4.78, 5) is 15.8. The highest BCUT2D eigenvalue weighted by Gasteiger charge is 2.22. The molecule has 0 atom stereocenters. The van der Waals surface area contributed by atoms with Gasteiger partial charge in [-0.1, -0.05) is 188 Å². The summed E-state index contributed by atoms with van der Waals surface area (Å²) >= 11 is 1.85. The number of hydrogen-bond acceptors (Lipinski definition) is 4. The highest BCUT2D eigenvalue weighted by Crippen LogP contribution is 2.43. The average Bonchev–Trinajstić information content (AvgIpc) is 3.91. The van der Waals surface area contributed by atoms with Gasteiger partial charge in [-0.2, -0.15) is 0 Å². The highest BCUT2D eigenvalue weighted by molar-refractivity contribution is 7.26. The van der Waals surface area contributed by atoms with Gasteiger partial charge in [0.25, 0.3) is 0 Å². The topological polar surface area (TPSA) is 43.6 Å². The third-order valence-electron chi connectivity index (χ3n) is 11.9. The van der Waals surface area contributed by atoms with Crippen LogP contribution in [0, 0.1) is 0 Å². The number of thiophene rings is 1. The number of fused-ring (bicyclic) bond motifs is 6. The molecule has 3 heterocycles. The molecule has 12 aromatic rings. The lowest BCUT2D eigenvalue weighted by Gasteiger charge is -2.16. The van der Waals surface area contributed by atoms with Crippen molar-refractivity contribution >= 4 is 53.3 Å². The third kappa shape index (κ3) is 6.09. The Morgan fingerprint density at radius 2 is 0.839 bits per heavy atom. The Morgan fingerprint density at radius 3 is 1.60 bits per heavy atom. The maximum Gasteiger partial charge on any atom is 0.166 e. The molecule has 62 heavy (non-hydrogen) atoms. The molecule has 12 rings (SSSR count). The molecule has 0 saturated heterocycles. The van der Waals surface area contributed by atoms with E-state index in [0.29, 0.717) is 17.5 Å². The summed E-state index contributed by atoms with van der Waals surface area (Å²) in [7, 11) is 0. The summed E-state index contributed by atoms with van der Waals surface area (Å²) in [6, 6.07) is 77.4. The lowest BCUT2D eigenvalue weighted by molar-refractivity contribution is 1.06. The Balaban J connectivity index is 1.07. The van der Waals surface area contributed by atoms with Crippen molar-refractivity contribution in [1.29, 1.82) is 0 Å². The van der Waals surface area contributed by atoms with Gasteiger partial charge >= 0.3 is 0 Å². The van der Waals surface area contributed by atoms with Crippen LogP contribution in [0.5, 0.6) is 0 Å². The van der Waals surface area contributed by atoms with Crippen molar-refractivity contribution in [3.8, 4) is 73.2 Å². The van der Waals surface area contributed by atoms with E-state index in [1.807, 2.05) is 29.5 Å². The van der Waals surface area contributed by atoms with E-state index in [9.17, 15) is 0 Å². The molecule has 0 aliphatic carbocycles.